The van der Waals surface area contributed by atoms with E-state index in [0.717, 1.165) is 55.4 Å². The molecule has 1 saturated heterocycles. The molecule has 0 saturated carbocycles. The first kappa shape index (κ1) is 21.3. The standard InChI is InChI=1S/C25H30N4O2/c1-19-24(20(2)29(27-19)17-21-8-4-3-5-9-21)25(30)26-16-22-10-6-7-11-23(22)18-28-12-14-31-15-13-28/h3-11H,12-18H2,1-2H3,(H,26,30). The van der Waals surface area contributed by atoms with Gasteiger partial charge in [-0.1, -0.05) is 54.6 Å². The Kier molecular flexibility index (Phi) is 6.79. The summed E-state index contributed by atoms with van der Waals surface area (Å²) in [7, 11) is 0. The SMILES string of the molecule is Cc1nn(Cc2ccccc2)c(C)c1C(=O)NCc1ccccc1CN1CCOCC1. The monoisotopic (exact) mass is 418 g/mol. The summed E-state index contributed by atoms with van der Waals surface area (Å²) < 4.78 is 7.36. The lowest BCUT2D eigenvalue weighted by Crippen LogP contribution is -2.36. The van der Waals surface area contributed by atoms with Gasteiger partial charge < -0.3 is 10.1 Å². The molecule has 1 aliphatic heterocycles. The van der Waals surface area contributed by atoms with Crippen LogP contribution in [-0.4, -0.2) is 46.9 Å². The van der Waals surface area contributed by atoms with Gasteiger partial charge >= 0.3 is 0 Å². The van der Waals surface area contributed by atoms with Crippen LogP contribution in [0.3, 0.4) is 0 Å². The molecular weight excluding hydrogens is 388 g/mol. The molecule has 0 spiro atoms. The summed E-state index contributed by atoms with van der Waals surface area (Å²) in [6, 6.07) is 18.5. The van der Waals surface area contributed by atoms with E-state index in [0.29, 0.717) is 18.7 Å². The van der Waals surface area contributed by atoms with Gasteiger partial charge in [0.15, 0.2) is 0 Å². The van der Waals surface area contributed by atoms with Crippen molar-refractivity contribution in [3.05, 3.63) is 88.2 Å². The number of hydrogen-bond donors (Lipinski definition) is 1. The molecule has 4 rings (SSSR count). The molecule has 31 heavy (non-hydrogen) atoms. The number of nitrogens with zero attached hydrogens (tertiary/aromatic N) is 3. The van der Waals surface area contributed by atoms with Crippen LogP contribution in [0, 0.1) is 13.8 Å². The summed E-state index contributed by atoms with van der Waals surface area (Å²) in [4.78, 5) is 15.4. The Morgan fingerprint density at radius 3 is 2.39 bits per heavy atom. The largest absolute Gasteiger partial charge is 0.379 e. The third-order valence-electron chi connectivity index (χ3n) is 5.84. The van der Waals surface area contributed by atoms with Gasteiger partial charge in [0.05, 0.1) is 31.0 Å². The number of ether oxygens (including phenoxy) is 1. The average Bonchev–Trinajstić information content (AvgIpc) is 3.07. The summed E-state index contributed by atoms with van der Waals surface area (Å²) in [6.07, 6.45) is 0. The van der Waals surface area contributed by atoms with Crippen LogP contribution in [0.25, 0.3) is 0 Å². The lowest BCUT2D eigenvalue weighted by atomic mass is 10.1. The van der Waals surface area contributed by atoms with E-state index < -0.39 is 0 Å². The van der Waals surface area contributed by atoms with Gasteiger partial charge in [-0.05, 0) is 30.5 Å². The van der Waals surface area contributed by atoms with Crippen LogP contribution < -0.4 is 5.32 Å². The molecule has 1 aromatic heterocycles. The van der Waals surface area contributed by atoms with E-state index >= 15 is 0 Å². The smallest absolute Gasteiger partial charge is 0.255 e. The van der Waals surface area contributed by atoms with Crippen LogP contribution in [0.5, 0.6) is 0 Å². The number of hydrogen-bond acceptors (Lipinski definition) is 4. The second kappa shape index (κ2) is 9.90. The van der Waals surface area contributed by atoms with Crippen molar-refractivity contribution >= 4 is 5.91 Å². The third-order valence-corrected chi connectivity index (χ3v) is 5.84. The van der Waals surface area contributed by atoms with Crippen molar-refractivity contribution in [3.8, 4) is 0 Å². The Balaban J connectivity index is 1.43. The first-order chi connectivity index (χ1) is 15.1. The van der Waals surface area contributed by atoms with Gasteiger partial charge in [0.2, 0.25) is 0 Å². The minimum absolute atomic E-state index is 0.0736. The van der Waals surface area contributed by atoms with E-state index in [1.165, 1.54) is 5.56 Å². The highest BCUT2D eigenvalue weighted by Crippen LogP contribution is 2.17. The summed E-state index contributed by atoms with van der Waals surface area (Å²) in [6.45, 7) is 9.35. The van der Waals surface area contributed by atoms with Gasteiger partial charge in [0.25, 0.3) is 5.91 Å². The highest BCUT2D eigenvalue weighted by Gasteiger charge is 2.19. The summed E-state index contributed by atoms with van der Waals surface area (Å²) in [5.41, 5.74) is 5.87. The zero-order valence-corrected chi connectivity index (χ0v) is 18.3. The number of aryl methyl sites for hydroxylation is 1. The number of aromatic nitrogens is 2. The Morgan fingerprint density at radius 2 is 1.65 bits per heavy atom. The number of rotatable bonds is 7. The minimum atomic E-state index is -0.0736. The topological polar surface area (TPSA) is 59.4 Å². The van der Waals surface area contributed by atoms with Gasteiger partial charge in [0.1, 0.15) is 0 Å². The maximum atomic E-state index is 13.0. The maximum absolute atomic E-state index is 13.0. The van der Waals surface area contributed by atoms with Crippen LogP contribution in [0.1, 0.15) is 38.4 Å². The lowest BCUT2D eigenvalue weighted by Gasteiger charge is -2.27. The first-order valence-electron chi connectivity index (χ1n) is 10.8. The quantitative estimate of drug-likeness (QED) is 0.640. The second-order valence-corrected chi connectivity index (χ2v) is 8.03. The van der Waals surface area contributed by atoms with Crippen LogP contribution in [0.2, 0.25) is 0 Å². The molecule has 3 aromatic rings. The Hall–Kier alpha value is -2.96. The van der Waals surface area contributed by atoms with Crippen molar-refractivity contribution in [3.63, 3.8) is 0 Å². The predicted octanol–water partition coefficient (Wildman–Crippen LogP) is 3.31. The molecule has 1 fully saturated rings. The van der Waals surface area contributed by atoms with Gasteiger partial charge in [-0.15, -0.1) is 0 Å². The van der Waals surface area contributed by atoms with E-state index in [1.54, 1.807) is 0 Å². The van der Waals surface area contributed by atoms with Crippen LogP contribution in [-0.2, 0) is 24.4 Å². The van der Waals surface area contributed by atoms with Crippen LogP contribution in [0.15, 0.2) is 54.6 Å². The fourth-order valence-corrected chi connectivity index (χ4v) is 4.08. The predicted molar refractivity (Wildman–Crippen MR) is 121 cm³/mol. The summed E-state index contributed by atoms with van der Waals surface area (Å²) in [5.74, 6) is -0.0736. The summed E-state index contributed by atoms with van der Waals surface area (Å²) >= 11 is 0. The van der Waals surface area contributed by atoms with Crippen molar-refractivity contribution in [2.75, 3.05) is 26.3 Å². The Bertz CT molecular complexity index is 1020. The fraction of sp³-hybridized carbons (Fsp3) is 0.360. The Labute approximate surface area is 183 Å². The van der Waals surface area contributed by atoms with Gasteiger partial charge in [-0.3, -0.25) is 14.4 Å². The summed E-state index contributed by atoms with van der Waals surface area (Å²) in [5, 5.41) is 7.73. The number of carbonyl (C=O) groups excluding carboxylic acids is 1. The van der Waals surface area contributed by atoms with Gasteiger partial charge in [-0.25, -0.2) is 0 Å². The fourth-order valence-electron chi connectivity index (χ4n) is 4.08. The molecule has 2 heterocycles. The zero-order valence-electron chi connectivity index (χ0n) is 18.3. The van der Waals surface area contributed by atoms with Gasteiger partial charge in [0, 0.05) is 31.9 Å². The lowest BCUT2D eigenvalue weighted by molar-refractivity contribution is 0.0340. The number of nitrogens with one attached hydrogen (secondary N) is 1. The number of benzene rings is 2. The molecule has 2 aromatic carbocycles. The molecule has 1 aliphatic rings. The maximum Gasteiger partial charge on any atom is 0.255 e. The molecule has 1 amide bonds. The van der Waals surface area contributed by atoms with Crippen molar-refractivity contribution in [1.29, 1.82) is 0 Å². The molecule has 6 heteroatoms. The molecular formula is C25H30N4O2. The minimum Gasteiger partial charge on any atom is -0.379 e. The molecule has 1 N–H and O–H groups in total. The second-order valence-electron chi connectivity index (χ2n) is 8.03. The van der Waals surface area contributed by atoms with E-state index in [1.807, 2.05) is 42.8 Å². The molecule has 162 valence electrons. The zero-order chi connectivity index (χ0) is 21.6. The highest BCUT2D eigenvalue weighted by molar-refractivity contribution is 5.96. The van der Waals surface area contributed by atoms with E-state index in [-0.39, 0.29) is 5.91 Å². The molecule has 0 unspecified atom stereocenters. The first-order valence-corrected chi connectivity index (χ1v) is 10.8. The third kappa shape index (κ3) is 5.21. The van der Waals surface area contributed by atoms with E-state index in [9.17, 15) is 4.79 Å². The van der Waals surface area contributed by atoms with Crippen molar-refractivity contribution in [2.45, 2.75) is 33.5 Å². The molecule has 0 atom stereocenters. The average molecular weight is 419 g/mol. The van der Waals surface area contributed by atoms with E-state index in [2.05, 4.69) is 45.6 Å². The van der Waals surface area contributed by atoms with E-state index in [4.69, 9.17) is 4.74 Å². The number of amides is 1. The van der Waals surface area contributed by atoms with Crippen molar-refractivity contribution in [1.82, 2.24) is 20.0 Å². The molecule has 0 radical (unpaired) electrons. The highest BCUT2D eigenvalue weighted by atomic mass is 16.5. The van der Waals surface area contributed by atoms with Crippen molar-refractivity contribution < 1.29 is 9.53 Å². The number of morpholine rings is 1. The number of carbonyl (C=O) groups is 1. The van der Waals surface area contributed by atoms with Gasteiger partial charge in [-0.2, -0.15) is 5.10 Å². The normalized spacial score (nSPS) is 14.5. The van der Waals surface area contributed by atoms with Crippen molar-refractivity contribution in [2.24, 2.45) is 0 Å². The van der Waals surface area contributed by atoms with Crippen LogP contribution >= 0.6 is 0 Å². The molecule has 6 nitrogen and oxygen atoms in total. The molecule has 0 aliphatic carbocycles. The molecule has 0 bridgehead atoms. The Morgan fingerprint density at radius 1 is 0.968 bits per heavy atom. The van der Waals surface area contributed by atoms with Crippen LogP contribution in [0.4, 0.5) is 0 Å².